The van der Waals surface area contributed by atoms with Crippen molar-refractivity contribution in [3.63, 3.8) is 0 Å². The zero-order valence-corrected chi connectivity index (χ0v) is 11.5. The van der Waals surface area contributed by atoms with E-state index >= 15 is 0 Å². The Balaban J connectivity index is 1.82. The van der Waals surface area contributed by atoms with Gasteiger partial charge in [0.05, 0.1) is 6.10 Å². The molecule has 0 aliphatic heterocycles. The summed E-state index contributed by atoms with van der Waals surface area (Å²) in [7, 11) is 0. The average Bonchev–Trinajstić information content (AvgIpc) is 2.93. The normalized spacial score (nSPS) is 19.5. The van der Waals surface area contributed by atoms with Gasteiger partial charge in [0.2, 0.25) is 0 Å². The van der Waals surface area contributed by atoms with Crippen molar-refractivity contribution in [1.29, 1.82) is 0 Å². The molecule has 0 bridgehead atoms. The van der Waals surface area contributed by atoms with Crippen LogP contribution in [0, 0.1) is 11.8 Å². The minimum Gasteiger partial charge on any atom is -0.392 e. The van der Waals surface area contributed by atoms with Gasteiger partial charge in [0, 0.05) is 17.5 Å². The maximum absolute atomic E-state index is 9.91. The lowest BCUT2D eigenvalue weighted by Crippen LogP contribution is -2.31. The second-order valence-corrected chi connectivity index (χ2v) is 6.50. The summed E-state index contributed by atoms with van der Waals surface area (Å²) in [5.41, 5.74) is 0. The lowest BCUT2D eigenvalue weighted by atomic mass is 10.1. The summed E-state index contributed by atoms with van der Waals surface area (Å²) in [5, 5.41) is 15.6. The average molecular weight is 253 g/mol. The Labute approximate surface area is 108 Å². The highest BCUT2D eigenvalue weighted by atomic mass is 32.1. The molecule has 1 aromatic rings. The summed E-state index contributed by atoms with van der Waals surface area (Å²) < 4.78 is 0. The molecule has 1 heterocycles. The third-order valence-corrected chi connectivity index (χ3v) is 4.22. The minimum atomic E-state index is -0.212. The van der Waals surface area contributed by atoms with Crippen LogP contribution in [0.25, 0.3) is 0 Å². The van der Waals surface area contributed by atoms with Crippen molar-refractivity contribution < 1.29 is 5.11 Å². The van der Waals surface area contributed by atoms with Crippen LogP contribution >= 0.6 is 11.3 Å². The van der Waals surface area contributed by atoms with Crippen LogP contribution in [0.2, 0.25) is 0 Å². The van der Waals surface area contributed by atoms with Gasteiger partial charge in [0.25, 0.3) is 0 Å². The lowest BCUT2D eigenvalue weighted by molar-refractivity contribution is 0.141. The van der Waals surface area contributed by atoms with Crippen molar-refractivity contribution >= 4 is 11.3 Å². The van der Waals surface area contributed by atoms with E-state index in [0.717, 1.165) is 18.9 Å². The molecule has 96 valence electrons. The van der Waals surface area contributed by atoms with Crippen LogP contribution in [0.3, 0.4) is 0 Å². The molecular formula is C14H23NOS. The van der Waals surface area contributed by atoms with Gasteiger partial charge in [-0.05, 0) is 42.5 Å². The summed E-state index contributed by atoms with van der Waals surface area (Å²) in [6.07, 6.45) is 3.33. The van der Waals surface area contributed by atoms with Crippen LogP contribution in [0.5, 0.6) is 0 Å². The molecule has 0 amide bonds. The van der Waals surface area contributed by atoms with Gasteiger partial charge in [-0.2, -0.15) is 0 Å². The summed E-state index contributed by atoms with van der Waals surface area (Å²) in [5.74, 6) is 1.35. The molecule has 2 rings (SSSR count). The van der Waals surface area contributed by atoms with Crippen LogP contribution in [-0.2, 0) is 0 Å². The van der Waals surface area contributed by atoms with Crippen LogP contribution in [0.4, 0.5) is 0 Å². The molecule has 0 radical (unpaired) electrons. The van der Waals surface area contributed by atoms with Gasteiger partial charge in [-0.25, -0.2) is 0 Å². The zero-order valence-electron chi connectivity index (χ0n) is 10.7. The van der Waals surface area contributed by atoms with Gasteiger partial charge >= 0.3 is 0 Å². The molecule has 1 aliphatic carbocycles. The molecule has 17 heavy (non-hydrogen) atoms. The first-order valence-electron chi connectivity index (χ1n) is 6.61. The SMILES string of the molecule is CC(C)CC(O)CNC(c1cccs1)C1CC1. The van der Waals surface area contributed by atoms with Crippen molar-refractivity contribution in [3.8, 4) is 0 Å². The third kappa shape index (κ3) is 4.09. The lowest BCUT2D eigenvalue weighted by Gasteiger charge is -2.20. The number of hydrogen-bond acceptors (Lipinski definition) is 3. The van der Waals surface area contributed by atoms with E-state index in [-0.39, 0.29) is 6.10 Å². The second-order valence-electron chi connectivity index (χ2n) is 5.52. The van der Waals surface area contributed by atoms with Crippen LogP contribution < -0.4 is 5.32 Å². The maximum Gasteiger partial charge on any atom is 0.0667 e. The van der Waals surface area contributed by atoms with Gasteiger partial charge < -0.3 is 10.4 Å². The first-order valence-corrected chi connectivity index (χ1v) is 7.49. The van der Waals surface area contributed by atoms with Gasteiger partial charge in [-0.1, -0.05) is 19.9 Å². The largest absolute Gasteiger partial charge is 0.392 e. The van der Waals surface area contributed by atoms with Crippen molar-refractivity contribution in [2.45, 2.75) is 45.3 Å². The van der Waals surface area contributed by atoms with Crippen molar-refractivity contribution in [1.82, 2.24) is 5.32 Å². The third-order valence-electron chi connectivity index (χ3n) is 3.26. The Morgan fingerprint density at radius 1 is 1.47 bits per heavy atom. The molecule has 1 saturated carbocycles. The van der Waals surface area contributed by atoms with E-state index in [1.165, 1.54) is 17.7 Å². The topological polar surface area (TPSA) is 32.3 Å². The number of aliphatic hydroxyl groups is 1. The number of nitrogens with one attached hydrogen (secondary N) is 1. The predicted molar refractivity (Wildman–Crippen MR) is 73.2 cm³/mol. The fourth-order valence-electron chi connectivity index (χ4n) is 2.29. The molecule has 2 N–H and O–H groups in total. The van der Waals surface area contributed by atoms with Crippen molar-refractivity contribution in [2.24, 2.45) is 11.8 Å². The predicted octanol–water partition coefficient (Wildman–Crippen LogP) is 3.20. The van der Waals surface area contributed by atoms with Crippen molar-refractivity contribution in [3.05, 3.63) is 22.4 Å². The quantitative estimate of drug-likeness (QED) is 0.782. The molecular weight excluding hydrogens is 230 g/mol. The fraction of sp³-hybridized carbons (Fsp3) is 0.714. The van der Waals surface area contributed by atoms with Crippen LogP contribution in [-0.4, -0.2) is 17.8 Å². The molecule has 3 heteroatoms. The first kappa shape index (κ1) is 13.1. The highest BCUT2D eigenvalue weighted by Crippen LogP contribution is 2.42. The summed E-state index contributed by atoms with van der Waals surface area (Å²) >= 11 is 1.82. The summed E-state index contributed by atoms with van der Waals surface area (Å²) in [6, 6.07) is 4.79. The van der Waals surface area contributed by atoms with E-state index < -0.39 is 0 Å². The zero-order chi connectivity index (χ0) is 12.3. The molecule has 2 atom stereocenters. The number of hydrogen-bond donors (Lipinski definition) is 2. The highest BCUT2D eigenvalue weighted by molar-refractivity contribution is 7.10. The second kappa shape index (κ2) is 5.98. The Kier molecular flexibility index (Phi) is 4.60. The van der Waals surface area contributed by atoms with Gasteiger partial charge in [0.1, 0.15) is 0 Å². The number of rotatable bonds is 7. The van der Waals surface area contributed by atoms with Gasteiger partial charge in [0.15, 0.2) is 0 Å². The molecule has 1 aliphatic rings. The summed E-state index contributed by atoms with van der Waals surface area (Å²) in [6.45, 7) is 5.03. The number of thiophene rings is 1. The van der Waals surface area contributed by atoms with Crippen LogP contribution in [0.15, 0.2) is 17.5 Å². The summed E-state index contributed by atoms with van der Waals surface area (Å²) in [4.78, 5) is 1.42. The first-order chi connectivity index (χ1) is 8.16. The molecule has 2 unspecified atom stereocenters. The van der Waals surface area contributed by atoms with E-state index in [4.69, 9.17) is 0 Å². The minimum absolute atomic E-state index is 0.212. The van der Waals surface area contributed by atoms with Crippen LogP contribution in [0.1, 0.15) is 44.0 Å². The maximum atomic E-state index is 9.91. The molecule has 1 fully saturated rings. The van der Waals surface area contributed by atoms with E-state index in [0.29, 0.717) is 12.0 Å². The van der Waals surface area contributed by atoms with Gasteiger partial charge in [-0.3, -0.25) is 0 Å². The smallest absolute Gasteiger partial charge is 0.0667 e. The standard InChI is InChI=1S/C14H23NOS/c1-10(2)8-12(16)9-15-14(11-5-6-11)13-4-3-7-17-13/h3-4,7,10-12,14-16H,5-6,8-9H2,1-2H3. The Morgan fingerprint density at radius 3 is 2.76 bits per heavy atom. The Bertz CT molecular complexity index is 319. The monoisotopic (exact) mass is 253 g/mol. The van der Waals surface area contributed by atoms with E-state index in [1.54, 1.807) is 0 Å². The molecule has 1 aromatic heterocycles. The molecule has 2 nitrogen and oxygen atoms in total. The number of aliphatic hydroxyl groups excluding tert-OH is 1. The van der Waals surface area contributed by atoms with Gasteiger partial charge in [-0.15, -0.1) is 11.3 Å². The van der Waals surface area contributed by atoms with Crippen molar-refractivity contribution in [2.75, 3.05) is 6.54 Å². The fourth-order valence-corrected chi connectivity index (χ4v) is 3.18. The molecule has 0 spiro atoms. The molecule has 0 saturated heterocycles. The van der Waals surface area contributed by atoms with E-state index in [1.807, 2.05) is 11.3 Å². The Hall–Kier alpha value is -0.380. The Morgan fingerprint density at radius 2 is 2.24 bits per heavy atom. The van der Waals surface area contributed by atoms with E-state index in [9.17, 15) is 5.11 Å². The molecule has 0 aromatic carbocycles. The highest BCUT2D eigenvalue weighted by Gasteiger charge is 2.32. The van der Waals surface area contributed by atoms with E-state index in [2.05, 4.69) is 36.7 Å².